The maximum Gasteiger partial charge on any atom is 0.411 e. The molecule has 0 spiro atoms. The number of carbonyl (C=O) groups excluding carboxylic acids is 2. The summed E-state index contributed by atoms with van der Waals surface area (Å²) in [6, 6.07) is 14.5. The average molecular weight is 341 g/mol. The van der Waals surface area contributed by atoms with Gasteiger partial charge in [0, 0.05) is 11.4 Å². The summed E-state index contributed by atoms with van der Waals surface area (Å²) in [7, 11) is 1.29. The largest absolute Gasteiger partial charge is 0.453 e. The number of hydrogen-bond acceptors (Lipinski definition) is 3. The van der Waals surface area contributed by atoms with Crippen LogP contribution in [0.25, 0.3) is 0 Å². The van der Waals surface area contributed by atoms with E-state index < -0.39 is 6.09 Å². The number of anilines is 2. The Morgan fingerprint density at radius 1 is 1.04 bits per heavy atom. The fraction of sp³-hybridized carbons (Fsp3) is 0.263. The fourth-order valence-electron chi connectivity index (χ4n) is 2.33. The van der Waals surface area contributed by atoms with Crippen molar-refractivity contribution in [3.05, 3.63) is 59.7 Å². The lowest BCUT2D eigenvalue weighted by Gasteiger charge is -2.16. The molecule has 3 amide bonds. The molecule has 0 fully saturated rings. The van der Waals surface area contributed by atoms with Crippen LogP contribution in [0.3, 0.4) is 0 Å². The summed E-state index contributed by atoms with van der Waals surface area (Å²) < 4.78 is 4.54. The first-order valence-corrected chi connectivity index (χ1v) is 8.13. The Morgan fingerprint density at radius 3 is 2.28 bits per heavy atom. The zero-order valence-electron chi connectivity index (χ0n) is 14.6. The Balaban J connectivity index is 1.94. The molecule has 0 saturated heterocycles. The quantitative estimate of drug-likeness (QED) is 0.758. The van der Waals surface area contributed by atoms with Crippen LogP contribution in [0, 0.1) is 0 Å². The van der Waals surface area contributed by atoms with Crippen molar-refractivity contribution >= 4 is 23.5 Å². The van der Waals surface area contributed by atoms with Gasteiger partial charge in [0.1, 0.15) is 0 Å². The molecule has 3 N–H and O–H groups in total. The third-order valence-corrected chi connectivity index (χ3v) is 3.79. The van der Waals surface area contributed by atoms with Gasteiger partial charge < -0.3 is 15.4 Å². The average Bonchev–Trinajstić information content (AvgIpc) is 2.61. The highest BCUT2D eigenvalue weighted by molar-refractivity contribution is 5.91. The highest BCUT2D eigenvalue weighted by Crippen LogP contribution is 2.17. The van der Waals surface area contributed by atoms with Gasteiger partial charge >= 0.3 is 12.1 Å². The van der Waals surface area contributed by atoms with Crippen LogP contribution in [0.1, 0.15) is 31.0 Å². The molecule has 25 heavy (non-hydrogen) atoms. The Morgan fingerprint density at radius 2 is 1.68 bits per heavy atom. The molecule has 2 aromatic rings. The molecule has 0 aliphatic heterocycles. The third-order valence-electron chi connectivity index (χ3n) is 3.79. The first-order chi connectivity index (χ1) is 12.0. The zero-order valence-corrected chi connectivity index (χ0v) is 14.6. The van der Waals surface area contributed by atoms with E-state index in [4.69, 9.17) is 0 Å². The van der Waals surface area contributed by atoms with Crippen molar-refractivity contribution in [2.45, 2.75) is 26.3 Å². The van der Waals surface area contributed by atoms with Crippen molar-refractivity contribution in [1.29, 1.82) is 0 Å². The van der Waals surface area contributed by atoms with E-state index in [0.717, 1.165) is 12.0 Å². The first-order valence-electron chi connectivity index (χ1n) is 8.13. The Bertz CT molecular complexity index is 729. The van der Waals surface area contributed by atoms with Crippen LogP contribution < -0.4 is 16.0 Å². The van der Waals surface area contributed by atoms with E-state index in [2.05, 4.69) is 39.7 Å². The minimum atomic E-state index is -0.564. The van der Waals surface area contributed by atoms with E-state index in [9.17, 15) is 9.59 Å². The molecule has 0 aliphatic rings. The molecule has 0 aliphatic carbocycles. The van der Waals surface area contributed by atoms with Gasteiger partial charge in [-0.3, -0.25) is 5.32 Å². The van der Waals surface area contributed by atoms with Gasteiger partial charge in [0.15, 0.2) is 0 Å². The number of urea groups is 1. The Hall–Kier alpha value is -3.02. The van der Waals surface area contributed by atoms with Gasteiger partial charge in [-0.05, 0) is 42.7 Å². The van der Waals surface area contributed by atoms with Crippen LogP contribution in [0.2, 0.25) is 0 Å². The predicted molar refractivity (Wildman–Crippen MR) is 98.9 cm³/mol. The van der Waals surface area contributed by atoms with Crippen molar-refractivity contribution < 1.29 is 14.3 Å². The fourth-order valence-corrected chi connectivity index (χ4v) is 2.33. The Labute approximate surface area is 147 Å². The molecule has 0 heterocycles. The molecule has 132 valence electrons. The van der Waals surface area contributed by atoms with E-state index in [1.165, 1.54) is 12.7 Å². The lowest BCUT2D eigenvalue weighted by Crippen LogP contribution is -2.31. The molecule has 6 nitrogen and oxygen atoms in total. The second kappa shape index (κ2) is 8.73. The Kier molecular flexibility index (Phi) is 6.39. The molecule has 1 unspecified atom stereocenters. The van der Waals surface area contributed by atoms with Crippen LogP contribution in [0.4, 0.5) is 21.0 Å². The van der Waals surface area contributed by atoms with Crippen LogP contribution in [0.5, 0.6) is 0 Å². The molecule has 0 saturated carbocycles. The number of amides is 3. The number of methoxy groups -OCH3 is 1. The van der Waals surface area contributed by atoms with Crippen LogP contribution >= 0.6 is 0 Å². The summed E-state index contributed by atoms with van der Waals surface area (Å²) in [6.45, 7) is 4.03. The molecular weight excluding hydrogens is 318 g/mol. The van der Waals surface area contributed by atoms with Gasteiger partial charge in [-0.2, -0.15) is 0 Å². The third kappa shape index (κ3) is 5.53. The smallest absolute Gasteiger partial charge is 0.411 e. The highest BCUT2D eigenvalue weighted by atomic mass is 16.5. The van der Waals surface area contributed by atoms with Crippen LogP contribution in [-0.2, 0) is 11.2 Å². The standard InChI is InChI=1S/C19H23N3O3/c1-4-14-8-10-15(11-9-14)13(2)20-18(23)21-16-6-5-7-17(12-16)22-19(24)25-3/h5-13H,4H2,1-3H3,(H,22,24)(H2,20,21,23). The lowest BCUT2D eigenvalue weighted by molar-refractivity contribution is 0.187. The number of benzene rings is 2. The number of nitrogens with one attached hydrogen (secondary N) is 3. The normalized spacial score (nSPS) is 11.3. The van der Waals surface area contributed by atoms with Crippen molar-refractivity contribution in [2.75, 3.05) is 17.7 Å². The van der Waals surface area contributed by atoms with Gasteiger partial charge in [0.2, 0.25) is 0 Å². The van der Waals surface area contributed by atoms with Crippen molar-refractivity contribution in [2.24, 2.45) is 0 Å². The SMILES string of the molecule is CCc1ccc(C(C)NC(=O)Nc2cccc(NC(=O)OC)c2)cc1. The van der Waals surface area contributed by atoms with E-state index in [1.807, 2.05) is 19.1 Å². The van der Waals surface area contributed by atoms with Gasteiger partial charge in [0.05, 0.1) is 13.2 Å². The number of rotatable bonds is 5. The van der Waals surface area contributed by atoms with Gasteiger partial charge in [-0.15, -0.1) is 0 Å². The van der Waals surface area contributed by atoms with Crippen LogP contribution in [0.15, 0.2) is 48.5 Å². The molecule has 2 aromatic carbocycles. The molecular formula is C19H23N3O3. The number of carbonyl (C=O) groups is 2. The minimum absolute atomic E-state index is 0.123. The zero-order chi connectivity index (χ0) is 18.2. The summed E-state index contributed by atoms with van der Waals surface area (Å²) in [4.78, 5) is 23.4. The van der Waals surface area contributed by atoms with Gasteiger partial charge in [-0.25, -0.2) is 9.59 Å². The maximum absolute atomic E-state index is 12.2. The number of aryl methyl sites for hydroxylation is 1. The van der Waals surface area contributed by atoms with Crippen LogP contribution in [-0.4, -0.2) is 19.2 Å². The number of hydrogen-bond donors (Lipinski definition) is 3. The molecule has 1 atom stereocenters. The molecule has 0 aromatic heterocycles. The summed E-state index contributed by atoms with van der Waals surface area (Å²) >= 11 is 0. The van der Waals surface area contributed by atoms with Crippen molar-refractivity contribution in [3.8, 4) is 0 Å². The van der Waals surface area contributed by atoms with Gasteiger partial charge in [-0.1, -0.05) is 37.3 Å². The van der Waals surface area contributed by atoms with Gasteiger partial charge in [0.25, 0.3) is 0 Å². The van der Waals surface area contributed by atoms with E-state index >= 15 is 0 Å². The summed E-state index contributed by atoms with van der Waals surface area (Å²) in [5.41, 5.74) is 3.40. The lowest BCUT2D eigenvalue weighted by atomic mass is 10.1. The van der Waals surface area contributed by atoms with E-state index in [-0.39, 0.29) is 12.1 Å². The predicted octanol–water partition coefficient (Wildman–Crippen LogP) is 4.31. The summed E-state index contributed by atoms with van der Waals surface area (Å²) in [5.74, 6) is 0. The number of ether oxygens (including phenoxy) is 1. The molecule has 2 rings (SSSR count). The van der Waals surface area contributed by atoms with E-state index in [1.54, 1.807) is 24.3 Å². The van der Waals surface area contributed by atoms with E-state index in [0.29, 0.717) is 11.4 Å². The monoisotopic (exact) mass is 341 g/mol. The minimum Gasteiger partial charge on any atom is -0.453 e. The second-order valence-corrected chi connectivity index (χ2v) is 5.61. The second-order valence-electron chi connectivity index (χ2n) is 5.61. The highest BCUT2D eigenvalue weighted by Gasteiger charge is 2.10. The first kappa shape index (κ1) is 18.3. The van der Waals surface area contributed by atoms with Crippen molar-refractivity contribution in [1.82, 2.24) is 5.32 Å². The summed E-state index contributed by atoms with van der Waals surface area (Å²) in [5, 5.41) is 8.20. The van der Waals surface area contributed by atoms with Crippen molar-refractivity contribution in [3.63, 3.8) is 0 Å². The molecule has 6 heteroatoms. The summed E-state index contributed by atoms with van der Waals surface area (Å²) in [6.07, 6.45) is 0.421. The molecule has 0 radical (unpaired) electrons. The maximum atomic E-state index is 12.2. The molecule has 0 bridgehead atoms. The topological polar surface area (TPSA) is 79.5 Å².